The van der Waals surface area contributed by atoms with Crippen LogP contribution in [0.25, 0.3) is 0 Å². The first-order valence-corrected chi connectivity index (χ1v) is 8.99. The van der Waals surface area contributed by atoms with E-state index in [1.807, 2.05) is 0 Å². The third-order valence-electron chi connectivity index (χ3n) is 5.56. The highest BCUT2D eigenvalue weighted by Crippen LogP contribution is 2.56. The van der Waals surface area contributed by atoms with Crippen LogP contribution in [0.2, 0.25) is 0 Å². The highest BCUT2D eigenvalue weighted by atomic mass is 79.9. The summed E-state index contributed by atoms with van der Waals surface area (Å²) in [6.07, 6.45) is 10.0. The molecule has 0 spiro atoms. The van der Waals surface area contributed by atoms with E-state index in [0.717, 1.165) is 40.4 Å². The van der Waals surface area contributed by atoms with Gasteiger partial charge in [0.25, 0.3) is 0 Å². The fraction of sp³-hybridized carbons (Fsp3) is 0.750. The Balaban J connectivity index is 1.60. The van der Waals surface area contributed by atoms with E-state index in [0.29, 0.717) is 0 Å². The molecule has 1 heterocycles. The summed E-state index contributed by atoms with van der Waals surface area (Å²) in [5.41, 5.74) is 0.287. The van der Waals surface area contributed by atoms with Crippen LogP contribution in [0.4, 0.5) is 11.6 Å². The van der Waals surface area contributed by atoms with Crippen LogP contribution in [-0.4, -0.2) is 22.1 Å². The van der Waals surface area contributed by atoms with E-state index in [9.17, 15) is 0 Å². The summed E-state index contributed by atoms with van der Waals surface area (Å²) in [7, 11) is 0. The molecular weight excluding hydrogens is 328 g/mol. The molecule has 0 aliphatic heterocycles. The first kappa shape index (κ1) is 13.8. The van der Waals surface area contributed by atoms with Crippen molar-refractivity contribution >= 4 is 27.6 Å². The Morgan fingerprint density at radius 2 is 1.67 bits per heavy atom. The molecule has 1 aromatic rings. The number of hydrogen-bond acceptors (Lipinski definition) is 4. The molecule has 4 fully saturated rings. The van der Waals surface area contributed by atoms with E-state index in [1.54, 1.807) is 6.33 Å². The first-order chi connectivity index (χ1) is 10.2. The summed E-state index contributed by atoms with van der Waals surface area (Å²) in [6, 6.07) is 0. The van der Waals surface area contributed by atoms with Gasteiger partial charge < -0.3 is 10.6 Å². The number of hydrogen-bond donors (Lipinski definition) is 2. The van der Waals surface area contributed by atoms with E-state index in [4.69, 9.17) is 0 Å². The molecule has 0 unspecified atom stereocenters. The zero-order valence-electron chi connectivity index (χ0n) is 12.5. The number of nitrogens with one attached hydrogen (secondary N) is 2. The fourth-order valence-electron chi connectivity index (χ4n) is 5.26. The second kappa shape index (κ2) is 5.11. The minimum Gasteiger partial charge on any atom is -0.369 e. The van der Waals surface area contributed by atoms with Crippen LogP contribution in [0.5, 0.6) is 0 Å². The fourth-order valence-corrected chi connectivity index (χ4v) is 5.71. The van der Waals surface area contributed by atoms with Gasteiger partial charge in [0, 0.05) is 12.1 Å². The van der Waals surface area contributed by atoms with E-state index in [2.05, 4.69) is 43.5 Å². The van der Waals surface area contributed by atoms with Crippen molar-refractivity contribution in [2.24, 2.45) is 17.8 Å². The maximum absolute atomic E-state index is 4.49. The molecule has 4 nitrogen and oxygen atoms in total. The maximum Gasteiger partial charge on any atom is 0.146 e. The normalized spacial score (nSPS) is 36.8. The summed E-state index contributed by atoms with van der Waals surface area (Å²) in [6.45, 7) is 2.95. The Kier molecular flexibility index (Phi) is 3.36. The first-order valence-electron chi connectivity index (χ1n) is 8.20. The lowest BCUT2D eigenvalue weighted by Crippen LogP contribution is -2.55. The third kappa shape index (κ3) is 2.43. The van der Waals surface area contributed by atoms with Crippen molar-refractivity contribution in [3.05, 3.63) is 10.8 Å². The molecule has 5 heteroatoms. The van der Waals surface area contributed by atoms with Gasteiger partial charge in [0.2, 0.25) is 0 Å². The summed E-state index contributed by atoms with van der Waals surface area (Å²) in [5, 5.41) is 7.10. The minimum absolute atomic E-state index is 0.287. The van der Waals surface area contributed by atoms with Crippen molar-refractivity contribution < 1.29 is 0 Å². The van der Waals surface area contributed by atoms with E-state index >= 15 is 0 Å². The van der Waals surface area contributed by atoms with Gasteiger partial charge in [0.1, 0.15) is 22.4 Å². The van der Waals surface area contributed by atoms with Crippen LogP contribution in [0.3, 0.4) is 0 Å². The lowest BCUT2D eigenvalue weighted by molar-refractivity contribution is 0.0105. The highest BCUT2D eigenvalue weighted by Gasteiger charge is 2.51. The average Bonchev–Trinajstić information content (AvgIpc) is 2.42. The molecule has 0 atom stereocenters. The van der Waals surface area contributed by atoms with Crippen molar-refractivity contribution in [2.75, 3.05) is 17.2 Å². The van der Waals surface area contributed by atoms with Crippen molar-refractivity contribution in [1.29, 1.82) is 0 Å². The number of rotatable bonds is 4. The molecule has 21 heavy (non-hydrogen) atoms. The Hall–Kier alpha value is -0.840. The van der Waals surface area contributed by atoms with Crippen molar-refractivity contribution in [3.8, 4) is 0 Å². The average molecular weight is 351 g/mol. The maximum atomic E-state index is 4.49. The zero-order chi connectivity index (χ0) is 14.4. The molecule has 4 saturated carbocycles. The number of aromatic nitrogens is 2. The number of anilines is 2. The van der Waals surface area contributed by atoms with E-state index in [1.165, 1.54) is 38.5 Å². The minimum atomic E-state index is 0.287. The molecule has 0 saturated heterocycles. The molecule has 2 N–H and O–H groups in total. The molecular formula is C16H23BrN4. The summed E-state index contributed by atoms with van der Waals surface area (Å²) in [5.74, 6) is 4.68. The molecule has 0 aromatic carbocycles. The van der Waals surface area contributed by atoms with Crippen LogP contribution < -0.4 is 10.6 Å². The third-order valence-corrected chi connectivity index (χ3v) is 6.31. The monoisotopic (exact) mass is 350 g/mol. The van der Waals surface area contributed by atoms with Crippen LogP contribution in [0.1, 0.15) is 45.4 Å². The van der Waals surface area contributed by atoms with Crippen molar-refractivity contribution in [1.82, 2.24) is 9.97 Å². The SMILES string of the molecule is CCNc1ncnc(NC23CC4CC(CC(C4)C2)C3)c1Br. The van der Waals surface area contributed by atoms with Gasteiger partial charge in [-0.15, -0.1) is 0 Å². The Morgan fingerprint density at radius 1 is 1.10 bits per heavy atom. The summed E-state index contributed by atoms with van der Waals surface area (Å²) < 4.78 is 0.975. The van der Waals surface area contributed by atoms with Crippen molar-refractivity contribution in [2.45, 2.75) is 51.0 Å². The molecule has 4 bridgehead atoms. The smallest absolute Gasteiger partial charge is 0.146 e. The van der Waals surface area contributed by atoms with Gasteiger partial charge in [-0.25, -0.2) is 9.97 Å². The molecule has 4 aliphatic carbocycles. The summed E-state index contributed by atoms with van der Waals surface area (Å²) in [4.78, 5) is 8.80. The molecule has 1 aromatic heterocycles. The second-order valence-corrected chi connectivity index (χ2v) is 8.03. The quantitative estimate of drug-likeness (QED) is 0.859. The lowest BCUT2D eigenvalue weighted by Gasteiger charge is -2.57. The van der Waals surface area contributed by atoms with E-state index < -0.39 is 0 Å². The Bertz CT molecular complexity index is 510. The second-order valence-electron chi connectivity index (χ2n) is 7.24. The number of nitrogens with zero attached hydrogens (tertiary/aromatic N) is 2. The van der Waals surface area contributed by atoms with Gasteiger partial charge in [0.05, 0.1) is 0 Å². The molecule has 114 valence electrons. The standard InChI is InChI=1S/C16H23BrN4/c1-2-18-14-13(17)15(20-9-19-14)21-16-6-10-3-11(7-16)5-12(4-10)8-16/h9-12H,2-8H2,1H3,(H2,18,19,20,21). The van der Waals surface area contributed by atoms with Gasteiger partial charge in [-0.05, 0) is 79.1 Å². The van der Waals surface area contributed by atoms with Gasteiger partial charge in [-0.3, -0.25) is 0 Å². The van der Waals surface area contributed by atoms with E-state index in [-0.39, 0.29) is 5.54 Å². The molecule has 5 rings (SSSR count). The molecule has 0 radical (unpaired) electrons. The molecule has 4 aliphatic rings. The van der Waals surface area contributed by atoms with Gasteiger partial charge in [0.15, 0.2) is 0 Å². The predicted octanol–water partition coefficient (Wildman–Crippen LogP) is 4.05. The Labute approximate surface area is 134 Å². The summed E-state index contributed by atoms with van der Waals surface area (Å²) >= 11 is 3.67. The topological polar surface area (TPSA) is 49.8 Å². The predicted molar refractivity (Wildman–Crippen MR) is 88.4 cm³/mol. The van der Waals surface area contributed by atoms with Gasteiger partial charge in [-0.1, -0.05) is 0 Å². The lowest BCUT2D eigenvalue weighted by atomic mass is 9.53. The molecule has 0 amide bonds. The van der Waals surface area contributed by atoms with Crippen LogP contribution >= 0.6 is 15.9 Å². The Morgan fingerprint density at radius 3 is 2.24 bits per heavy atom. The van der Waals surface area contributed by atoms with Crippen LogP contribution in [0.15, 0.2) is 10.8 Å². The van der Waals surface area contributed by atoms with Gasteiger partial charge in [-0.2, -0.15) is 0 Å². The number of halogens is 1. The van der Waals surface area contributed by atoms with Crippen LogP contribution in [0, 0.1) is 17.8 Å². The van der Waals surface area contributed by atoms with Crippen molar-refractivity contribution in [3.63, 3.8) is 0 Å². The largest absolute Gasteiger partial charge is 0.369 e. The van der Waals surface area contributed by atoms with Gasteiger partial charge >= 0.3 is 0 Å². The zero-order valence-corrected chi connectivity index (χ0v) is 14.1. The highest BCUT2D eigenvalue weighted by molar-refractivity contribution is 9.10. The van der Waals surface area contributed by atoms with Crippen LogP contribution in [-0.2, 0) is 0 Å².